The minimum atomic E-state index is -1.06. The minimum absolute atomic E-state index is 0.0300. The zero-order valence-electron chi connectivity index (χ0n) is 10.9. The topological polar surface area (TPSA) is 86.3 Å². The smallest absolute Gasteiger partial charge is 0.353 e. The summed E-state index contributed by atoms with van der Waals surface area (Å²) in [5.74, 6) is -1.00. The number of hydrogen-bond acceptors (Lipinski definition) is 3. The van der Waals surface area contributed by atoms with E-state index in [1.165, 1.54) is 6.07 Å². The Morgan fingerprint density at radius 1 is 1.40 bits per heavy atom. The molecule has 20 heavy (non-hydrogen) atoms. The number of carbonyl (C=O) groups is 2. The molecule has 1 aliphatic rings. The van der Waals surface area contributed by atoms with Crippen molar-refractivity contribution in [2.24, 2.45) is 0 Å². The first kappa shape index (κ1) is 12.4. The van der Waals surface area contributed by atoms with Crippen molar-refractivity contribution in [3.05, 3.63) is 35.5 Å². The zero-order valence-corrected chi connectivity index (χ0v) is 10.9. The van der Waals surface area contributed by atoms with Crippen molar-refractivity contribution in [2.45, 2.75) is 12.8 Å². The van der Waals surface area contributed by atoms with Crippen LogP contribution in [-0.2, 0) is 11.2 Å². The van der Waals surface area contributed by atoms with Gasteiger partial charge in [-0.2, -0.15) is 5.10 Å². The molecular formula is C14H13N3O3. The summed E-state index contributed by atoms with van der Waals surface area (Å²) in [5.41, 5.74) is 3.21. The summed E-state index contributed by atoms with van der Waals surface area (Å²) in [5, 5.41) is 15.5. The molecular weight excluding hydrogens is 258 g/mol. The van der Waals surface area contributed by atoms with Crippen LogP contribution >= 0.6 is 0 Å². The van der Waals surface area contributed by atoms with Gasteiger partial charge >= 0.3 is 5.97 Å². The highest BCUT2D eigenvalue weighted by Crippen LogP contribution is 2.36. The molecule has 1 aromatic heterocycles. The van der Waals surface area contributed by atoms with Gasteiger partial charge in [-0.1, -0.05) is 18.2 Å². The number of hydrogen-bond donors (Lipinski definition) is 2. The molecule has 0 unspecified atom stereocenters. The number of carboxylic acids is 1. The van der Waals surface area contributed by atoms with Crippen LogP contribution in [-0.4, -0.2) is 34.2 Å². The molecule has 2 N–H and O–H groups in total. The molecule has 0 bridgehead atoms. The third kappa shape index (κ3) is 1.85. The molecule has 0 radical (unpaired) electrons. The predicted octanol–water partition coefficient (Wildman–Crippen LogP) is 1.68. The van der Waals surface area contributed by atoms with Crippen molar-refractivity contribution in [3.63, 3.8) is 0 Å². The van der Waals surface area contributed by atoms with Crippen LogP contribution in [0.15, 0.2) is 24.3 Å². The van der Waals surface area contributed by atoms with E-state index in [2.05, 4.69) is 10.2 Å². The number of aromatic carboxylic acids is 1. The van der Waals surface area contributed by atoms with Gasteiger partial charge in [0.15, 0.2) is 0 Å². The first-order valence-electron chi connectivity index (χ1n) is 6.25. The number of carbonyl (C=O) groups excluding carboxylic acids is 1. The van der Waals surface area contributed by atoms with Gasteiger partial charge in [0.1, 0.15) is 5.69 Å². The molecule has 1 aromatic carbocycles. The molecule has 0 saturated carbocycles. The maximum absolute atomic E-state index is 11.9. The number of anilines is 1. The van der Waals surface area contributed by atoms with Gasteiger partial charge in [-0.15, -0.1) is 0 Å². The van der Waals surface area contributed by atoms with E-state index in [9.17, 15) is 9.59 Å². The Balaban J connectivity index is 2.14. The Hall–Kier alpha value is -2.63. The lowest BCUT2D eigenvalue weighted by molar-refractivity contribution is -0.118. The van der Waals surface area contributed by atoms with E-state index >= 15 is 0 Å². The summed E-state index contributed by atoms with van der Waals surface area (Å²) in [7, 11) is 1.73. The molecule has 0 fully saturated rings. The average Bonchev–Trinajstić information content (AvgIpc) is 2.92. The molecule has 2 heterocycles. The number of para-hydroxylation sites is 1. The Morgan fingerprint density at radius 2 is 2.20 bits per heavy atom. The van der Waals surface area contributed by atoms with E-state index in [4.69, 9.17) is 5.11 Å². The molecule has 0 spiro atoms. The van der Waals surface area contributed by atoms with Crippen LogP contribution in [0.1, 0.15) is 22.5 Å². The van der Waals surface area contributed by atoms with Crippen LogP contribution in [0.25, 0.3) is 11.3 Å². The summed E-state index contributed by atoms with van der Waals surface area (Å²) in [6.07, 6.45) is 1.19. The number of nitrogens with zero attached hydrogens (tertiary/aromatic N) is 2. The fourth-order valence-electron chi connectivity index (χ4n) is 2.50. The van der Waals surface area contributed by atoms with Crippen LogP contribution in [0.2, 0.25) is 0 Å². The number of aryl methyl sites for hydroxylation is 1. The van der Waals surface area contributed by atoms with Crippen LogP contribution in [0, 0.1) is 0 Å². The number of fused-ring (bicyclic) bond motifs is 1. The molecule has 0 atom stereocenters. The molecule has 0 aliphatic carbocycles. The lowest BCUT2D eigenvalue weighted by Crippen LogP contribution is -2.31. The van der Waals surface area contributed by atoms with Crippen molar-refractivity contribution in [2.75, 3.05) is 11.9 Å². The van der Waals surface area contributed by atoms with Gasteiger partial charge in [-0.05, 0) is 18.1 Å². The average molecular weight is 271 g/mol. The van der Waals surface area contributed by atoms with Gasteiger partial charge in [0, 0.05) is 19.0 Å². The SMILES string of the molecule is CN1C(=O)CCc2cccc(-c3cc(C(=O)O)[nH]n3)c21. The van der Waals surface area contributed by atoms with Gasteiger partial charge in [0.2, 0.25) is 5.91 Å². The van der Waals surface area contributed by atoms with Crippen molar-refractivity contribution >= 4 is 17.6 Å². The molecule has 0 saturated heterocycles. The van der Waals surface area contributed by atoms with Crippen molar-refractivity contribution in [1.82, 2.24) is 10.2 Å². The standard InChI is InChI=1S/C14H13N3O3/c1-17-12(18)6-5-8-3-2-4-9(13(8)17)10-7-11(14(19)20)16-15-10/h2-4,7H,5-6H2,1H3,(H,15,16)(H,19,20). The third-order valence-corrected chi connectivity index (χ3v) is 3.52. The van der Waals surface area contributed by atoms with Crippen LogP contribution in [0.3, 0.4) is 0 Å². The highest BCUT2D eigenvalue weighted by molar-refractivity contribution is 6.00. The summed E-state index contributed by atoms with van der Waals surface area (Å²) in [6, 6.07) is 7.19. The molecule has 2 aromatic rings. The molecule has 6 nitrogen and oxygen atoms in total. The first-order chi connectivity index (χ1) is 9.58. The lowest BCUT2D eigenvalue weighted by Gasteiger charge is -2.27. The summed E-state index contributed by atoms with van der Waals surface area (Å²) >= 11 is 0. The number of carboxylic acid groups (broad SMARTS) is 1. The van der Waals surface area contributed by atoms with E-state index in [1.54, 1.807) is 11.9 Å². The number of H-pyrrole nitrogens is 1. The number of benzene rings is 1. The van der Waals surface area contributed by atoms with Gasteiger partial charge in [-0.3, -0.25) is 9.89 Å². The van der Waals surface area contributed by atoms with Crippen LogP contribution in [0.5, 0.6) is 0 Å². The normalized spacial score (nSPS) is 14.2. The van der Waals surface area contributed by atoms with Crippen molar-refractivity contribution < 1.29 is 14.7 Å². The van der Waals surface area contributed by atoms with Gasteiger partial charge in [0.25, 0.3) is 0 Å². The summed E-state index contributed by atoms with van der Waals surface area (Å²) in [6.45, 7) is 0. The van der Waals surface area contributed by atoms with Gasteiger partial charge in [0.05, 0.1) is 11.4 Å². The fraction of sp³-hybridized carbons (Fsp3) is 0.214. The number of nitrogens with one attached hydrogen (secondary N) is 1. The quantitative estimate of drug-likeness (QED) is 0.870. The van der Waals surface area contributed by atoms with E-state index < -0.39 is 5.97 Å². The maximum Gasteiger partial charge on any atom is 0.353 e. The minimum Gasteiger partial charge on any atom is -0.477 e. The molecule has 102 valence electrons. The Morgan fingerprint density at radius 3 is 2.90 bits per heavy atom. The third-order valence-electron chi connectivity index (χ3n) is 3.52. The van der Waals surface area contributed by atoms with E-state index in [1.807, 2.05) is 18.2 Å². The molecule has 1 aliphatic heterocycles. The van der Waals surface area contributed by atoms with Gasteiger partial charge < -0.3 is 10.0 Å². The second-order valence-electron chi connectivity index (χ2n) is 4.74. The Bertz CT molecular complexity index is 705. The Kier molecular flexibility index (Phi) is 2.78. The predicted molar refractivity (Wildman–Crippen MR) is 72.7 cm³/mol. The number of amides is 1. The second kappa shape index (κ2) is 4.48. The van der Waals surface area contributed by atoms with E-state index in [0.717, 1.165) is 16.8 Å². The monoisotopic (exact) mass is 271 g/mol. The summed E-state index contributed by atoms with van der Waals surface area (Å²) < 4.78 is 0. The highest BCUT2D eigenvalue weighted by Gasteiger charge is 2.25. The lowest BCUT2D eigenvalue weighted by atomic mass is 9.96. The molecule has 3 rings (SSSR count). The maximum atomic E-state index is 11.9. The number of rotatable bonds is 2. The zero-order chi connectivity index (χ0) is 14.3. The fourth-order valence-corrected chi connectivity index (χ4v) is 2.50. The number of aromatic nitrogens is 2. The first-order valence-corrected chi connectivity index (χ1v) is 6.25. The van der Waals surface area contributed by atoms with E-state index in [0.29, 0.717) is 18.5 Å². The van der Waals surface area contributed by atoms with Gasteiger partial charge in [-0.25, -0.2) is 4.79 Å². The molecule has 1 amide bonds. The van der Waals surface area contributed by atoms with Crippen molar-refractivity contribution in [1.29, 1.82) is 0 Å². The molecule has 6 heteroatoms. The van der Waals surface area contributed by atoms with Crippen LogP contribution in [0.4, 0.5) is 5.69 Å². The summed E-state index contributed by atoms with van der Waals surface area (Å²) in [4.78, 5) is 24.4. The highest BCUT2D eigenvalue weighted by atomic mass is 16.4. The van der Waals surface area contributed by atoms with E-state index in [-0.39, 0.29) is 11.6 Å². The van der Waals surface area contributed by atoms with Crippen LogP contribution < -0.4 is 4.90 Å². The second-order valence-corrected chi connectivity index (χ2v) is 4.74. The Labute approximate surface area is 115 Å². The largest absolute Gasteiger partial charge is 0.477 e. The number of aromatic amines is 1. The van der Waals surface area contributed by atoms with Crippen molar-refractivity contribution in [3.8, 4) is 11.3 Å².